The zero-order valence-corrected chi connectivity index (χ0v) is 9.09. The Morgan fingerprint density at radius 2 is 2.38 bits per heavy atom. The molecular formula is C11H8FN3S. The van der Waals surface area contributed by atoms with Crippen molar-refractivity contribution in [3.05, 3.63) is 46.2 Å². The average molecular weight is 233 g/mol. The largest absolute Gasteiger partial charge is 0.377 e. The molecule has 1 N–H and O–H groups in total. The second kappa shape index (κ2) is 4.73. The summed E-state index contributed by atoms with van der Waals surface area (Å²) in [7, 11) is 0. The maximum absolute atomic E-state index is 13.2. The highest BCUT2D eigenvalue weighted by Gasteiger charge is 2.07. The number of aromatic nitrogens is 1. The van der Waals surface area contributed by atoms with Gasteiger partial charge in [-0.2, -0.15) is 5.26 Å². The van der Waals surface area contributed by atoms with E-state index in [1.165, 1.54) is 17.4 Å². The Hall–Kier alpha value is -1.93. The normalized spacial score (nSPS) is 9.75. The van der Waals surface area contributed by atoms with Crippen molar-refractivity contribution in [3.8, 4) is 6.07 Å². The molecule has 0 bridgehead atoms. The molecule has 0 unspecified atom stereocenters. The summed E-state index contributed by atoms with van der Waals surface area (Å²) in [6.07, 6.45) is 1.71. The van der Waals surface area contributed by atoms with Crippen molar-refractivity contribution < 1.29 is 4.39 Å². The minimum atomic E-state index is -0.508. The first-order chi connectivity index (χ1) is 7.81. The molecule has 0 aliphatic heterocycles. The lowest BCUT2D eigenvalue weighted by Gasteiger charge is -2.06. The highest BCUT2D eigenvalue weighted by atomic mass is 32.1. The molecule has 0 aliphatic rings. The molecule has 0 saturated heterocycles. The van der Waals surface area contributed by atoms with Crippen LogP contribution in [0, 0.1) is 17.1 Å². The molecular weight excluding hydrogens is 225 g/mol. The Labute approximate surface area is 96.2 Å². The number of nitriles is 1. The zero-order valence-electron chi connectivity index (χ0n) is 8.27. The van der Waals surface area contributed by atoms with Crippen LogP contribution in [0.4, 0.5) is 10.1 Å². The van der Waals surface area contributed by atoms with E-state index in [0.717, 1.165) is 5.01 Å². The first-order valence-corrected chi connectivity index (χ1v) is 5.50. The Balaban J connectivity index is 2.16. The summed E-state index contributed by atoms with van der Waals surface area (Å²) in [5.41, 5.74) is 0.539. The lowest BCUT2D eigenvalue weighted by molar-refractivity contribution is 0.624. The molecule has 2 aromatic rings. The fraction of sp³-hybridized carbons (Fsp3) is 0.0909. The maximum Gasteiger partial charge on any atom is 0.143 e. The number of halogens is 1. The molecule has 0 saturated carbocycles. The fourth-order valence-electron chi connectivity index (χ4n) is 1.30. The van der Waals surface area contributed by atoms with E-state index < -0.39 is 5.82 Å². The van der Waals surface area contributed by atoms with Crippen molar-refractivity contribution in [1.29, 1.82) is 5.26 Å². The number of thiazole rings is 1. The molecule has 0 fully saturated rings. The number of benzene rings is 1. The first-order valence-electron chi connectivity index (χ1n) is 4.62. The third-order valence-electron chi connectivity index (χ3n) is 2.04. The van der Waals surface area contributed by atoms with Gasteiger partial charge in [-0.05, 0) is 12.1 Å². The van der Waals surface area contributed by atoms with Crippen LogP contribution in [0.2, 0.25) is 0 Å². The van der Waals surface area contributed by atoms with Gasteiger partial charge in [0.05, 0.1) is 12.2 Å². The van der Waals surface area contributed by atoms with Crippen LogP contribution in [0.1, 0.15) is 10.6 Å². The maximum atomic E-state index is 13.2. The monoisotopic (exact) mass is 233 g/mol. The van der Waals surface area contributed by atoms with Crippen LogP contribution in [-0.2, 0) is 6.54 Å². The van der Waals surface area contributed by atoms with E-state index in [1.807, 2.05) is 11.4 Å². The molecule has 0 radical (unpaired) electrons. The van der Waals surface area contributed by atoms with Gasteiger partial charge >= 0.3 is 0 Å². The van der Waals surface area contributed by atoms with Crippen molar-refractivity contribution in [2.24, 2.45) is 0 Å². The van der Waals surface area contributed by atoms with Gasteiger partial charge in [0, 0.05) is 11.6 Å². The van der Waals surface area contributed by atoms with E-state index >= 15 is 0 Å². The van der Waals surface area contributed by atoms with Crippen LogP contribution < -0.4 is 5.32 Å². The van der Waals surface area contributed by atoms with E-state index in [-0.39, 0.29) is 5.56 Å². The second-order valence-corrected chi connectivity index (χ2v) is 4.03. The Morgan fingerprint density at radius 3 is 3.06 bits per heavy atom. The van der Waals surface area contributed by atoms with Crippen molar-refractivity contribution >= 4 is 17.0 Å². The van der Waals surface area contributed by atoms with Crippen LogP contribution in [-0.4, -0.2) is 4.98 Å². The van der Waals surface area contributed by atoms with Crippen LogP contribution in [0.15, 0.2) is 29.8 Å². The van der Waals surface area contributed by atoms with E-state index in [4.69, 9.17) is 5.26 Å². The second-order valence-electron chi connectivity index (χ2n) is 3.05. The molecule has 2 rings (SSSR count). The highest BCUT2D eigenvalue weighted by molar-refractivity contribution is 7.09. The zero-order chi connectivity index (χ0) is 11.4. The van der Waals surface area contributed by atoms with E-state index in [1.54, 1.807) is 18.3 Å². The van der Waals surface area contributed by atoms with Gasteiger partial charge in [-0.1, -0.05) is 6.07 Å². The quantitative estimate of drug-likeness (QED) is 0.886. The van der Waals surface area contributed by atoms with Crippen molar-refractivity contribution in [1.82, 2.24) is 4.98 Å². The van der Waals surface area contributed by atoms with E-state index in [2.05, 4.69) is 10.3 Å². The highest BCUT2D eigenvalue weighted by Crippen LogP contribution is 2.18. The summed E-state index contributed by atoms with van der Waals surface area (Å²) >= 11 is 1.51. The van der Waals surface area contributed by atoms with Gasteiger partial charge < -0.3 is 5.32 Å². The summed E-state index contributed by atoms with van der Waals surface area (Å²) in [6.45, 7) is 0.496. The number of hydrogen-bond donors (Lipinski definition) is 1. The summed E-state index contributed by atoms with van der Waals surface area (Å²) in [6, 6.07) is 6.36. The van der Waals surface area contributed by atoms with Crippen molar-refractivity contribution in [2.45, 2.75) is 6.54 Å². The molecule has 0 aliphatic carbocycles. The fourth-order valence-corrected chi connectivity index (χ4v) is 1.85. The van der Waals surface area contributed by atoms with Crippen LogP contribution in [0.3, 0.4) is 0 Å². The minimum Gasteiger partial charge on any atom is -0.377 e. The standard InChI is InChI=1S/C11H8FN3S/c12-9-2-1-3-10(8(9)6-13)15-7-11-14-4-5-16-11/h1-5,15H,7H2. The molecule has 1 aromatic heterocycles. The number of rotatable bonds is 3. The Kier molecular flexibility index (Phi) is 3.13. The number of nitrogens with one attached hydrogen (secondary N) is 1. The Bertz CT molecular complexity index is 517. The lowest BCUT2D eigenvalue weighted by atomic mass is 10.2. The number of hydrogen-bond acceptors (Lipinski definition) is 4. The first kappa shape index (κ1) is 10.6. The topological polar surface area (TPSA) is 48.7 Å². The lowest BCUT2D eigenvalue weighted by Crippen LogP contribution is -2.01. The third-order valence-corrected chi connectivity index (χ3v) is 2.82. The molecule has 1 aromatic carbocycles. The van der Waals surface area contributed by atoms with Crippen LogP contribution in [0.25, 0.3) is 0 Å². The van der Waals surface area contributed by atoms with Crippen molar-refractivity contribution in [2.75, 3.05) is 5.32 Å². The Morgan fingerprint density at radius 1 is 1.50 bits per heavy atom. The molecule has 0 amide bonds. The predicted octanol–water partition coefficient (Wildman–Crippen LogP) is 2.77. The molecule has 1 heterocycles. The molecule has 16 heavy (non-hydrogen) atoms. The van der Waals surface area contributed by atoms with E-state index in [0.29, 0.717) is 12.2 Å². The minimum absolute atomic E-state index is 0.0408. The molecule has 3 nitrogen and oxygen atoms in total. The summed E-state index contributed by atoms with van der Waals surface area (Å²) in [5, 5.41) is 14.6. The molecule has 0 atom stereocenters. The van der Waals surface area contributed by atoms with Gasteiger partial charge in [-0.15, -0.1) is 11.3 Å². The third kappa shape index (κ3) is 2.18. The summed E-state index contributed by atoms with van der Waals surface area (Å²) < 4.78 is 13.2. The summed E-state index contributed by atoms with van der Waals surface area (Å²) in [5.74, 6) is -0.508. The SMILES string of the molecule is N#Cc1c(F)cccc1NCc1nccs1. The summed E-state index contributed by atoms with van der Waals surface area (Å²) in [4.78, 5) is 4.09. The number of anilines is 1. The average Bonchev–Trinajstić information content (AvgIpc) is 2.79. The van der Waals surface area contributed by atoms with Crippen LogP contribution in [0.5, 0.6) is 0 Å². The van der Waals surface area contributed by atoms with Gasteiger partial charge in [-0.25, -0.2) is 9.37 Å². The van der Waals surface area contributed by atoms with Crippen LogP contribution >= 0.6 is 11.3 Å². The van der Waals surface area contributed by atoms with Crippen molar-refractivity contribution in [3.63, 3.8) is 0 Å². The van der Waals surface area contributed by atoms with Gasteiger partial charge in [0.1, 0.15) is 22.5 Å². The predicted molar refractivity (Wildman–Crippen MR) is 60.6 cm³/mol. The number of nitrogens with zero attached hydrogens (tertiary/aromatic N) is 2. The van der Waals surface area contributed by atoms with Gasteiger partial charge in [0.15, 0.2) is 0 Å². The molecule has 80 valence electrons. The smallest absolute Gasteiger partial charge is 0.143 e. The molecule has 5 heteroatoms. The molecule has 0 spiro atoms. The van der Waals surface area contributed by atoms with Gasteiger partial charge in [0.25, 0.3) is 0 Å². The van der Waals surface area contributed by atoms with E-state index in [9.17, 15) is 4.39 Å². The van der Waals surface area contributed by atoms with Gasteiger partial charge in [-0.3, -0.25) is 0 Å². The van der Waals surface area contributed by atoms with Gasteiger partial charge in [0.2, 0.25) is 0 Å².